The van der Waals surface area contributed by atoms with Gasteiger partial charge < -0.3 is 9.84 Å². The fourth-order valence-corrected chi connectivity index (χ4v) is 6.07. The maximum atomic E-state index is 13.9. The van der Waals surface area contributed by atoms with Crippen LogP contribution < -0.4 is 5.32 Å². The number of rotatable bonds is 9. The van der Waals surface area contributed by atoms with Crippen molar-refractivity contribution in [2.45, 2.75) is 37.5 Å². The molecule has 2 heterocycles. The number of nitrogens with zero attached hydrogens (tertiary/aromatic N) is 2. The van der Waals surface area contributed by atoms with Gasteiger partial charge in [0.05, 0.1) is 0 Å². The quantitative estimate of drug-likeness (QED) is 0.429. The van der Waals surface area contributed by atoms with Crippen LogP contribution in [0.3, 0.4) is 0 Å². The van der Waals surface area contributed by atoms with Crippen LogP contribution in [0.25, 0.3) is 12.2 Å². The van der Waals surface area contributed by atoms with E-state index in [-0.39, 0.29) is 41.3 Å². The van der Waals surface area contributed by atoms with Gasteiger partial charge in [0, 0.05) is 31.1 Å². The molecule has 1 aliphatic heterocycles. The number of benzene rings is 2. The van der Waals surface area contributed by atoms with E-state index in [1.807, 2.05) is 18.2 Å². The summed E-state index contributed by atoms with van der Waals surface area (Å²) in [4.78, 5) is 12.6. The van der Waals surface area contributed by atoms with Gasteiger partial charge in [0.15, 0.2) is 10.7 Å². The van der Waals surface area contributed by atoms with Crippen molar-refractivity contribution in [3.8, 4) is 0 Å². The second-order valence-electron chi connectivity index (χ2n) is 8.87. The lowest BCUT2D eigenvalue weighted by atomic mass is 9.97. The van der Waals surface area contributed by atoms with Crippen LogP contribution in [0.4, 0.5) is 4.39 Å². The van der Waals surface area contributed by atoms with Gasteiger partial charge in [-0.1, -0.05) is 53.7 Å². The summed E-state index contributed by atoms with van der Waals surface area (Å²) >= 11 is 0. The largest absolute Gasteiger partial charge is 0.356 e. The van der Waals surface area contributed by atoms with Gasteiger partial charge in [0.1, 0.15) is 11.5 Å². The molecule has 9 heteroatoms. The number of aromatic nitrogens is 1. The highest BCUT2D eigenvalue weighted by molar-refractivity contribution is 7.89. The maximum Gasteiger partial charge on any atom is 0.248 e. The molecule has 190 valence electrons. The Labute approximate surface area is 211 Å². The van der Waals surface area contributed by atoms with Gasteiger partial charge >= 0.3 is 0 Å². The van der Waals surface area contributed by atoms with E-state index in [2.05, 4.69) is 22.6 Å². The van der Waals surface area contributed by atoms with Crippen molar-refractivity contribution in [3.05, 3.63) is 83.0 Å². The highest BCUT2D eigenvalue weighted by Gasteiger charge is 2.35. The van der Waals surface area contributed by atoms with Gasteiger partial charge in [-0.3, -0.25) is 4.79 Å². The van der Waals surface area contributed by atoms with Crippen molar-refractivity contribution in [2.75, 3.05) is 19.6 Å². The molecule has 1 aliphatic rings. The van der Waals surface area contributed by atoms with Crippen LogP contribution in [0.5, 0.6) is 0 Å². The molecule has 0 unspecified atom stereocenters. The molecule has 1 aromatic heterocycles. The van der Waals surface area contributed by atoms with Crippen molar-refractivity contribution >= 4 is 28.1 Å². The lowest BCUT2D eigenvalue weighted by Crippen LogP contribution is -2.43. The van der Waals surface area contributed by atoms with Gasteiger partial charge in [0.25, 0.3) is 0 Å². The van der Waals surface area contributed by atoms with Crippen LogP contribution in [-0.2, 0) is 21.2 Å². The Hall–Kier alpha value is -3.30. The molecular formula is C27H30FN3O4S. The Kier molecular flexibility index (Phi) is 8.32. The second-order valence-corrected chi connectivity index (χ2v) is 10.7. The molecule has 0 spiro atoms. The highest BCUT2D eigenvalue weighted by Crippen LogP contribution is 2.29. The Morgan fingerprint density at radius 2 is 1.81 bits per heavy atom. The molecule has 2 aromatic carbocycles. The molecular weight excluding hydrogens is 481 g/mol. The van der Waals surface area contributed by atoms with E-state index < -0.39 is 15.8 Å². The summed E-state index contributed by atoms with van der Waals surface area (Å²) in [6.07, 6.45) is 5.50. The smallest absolute Gasteiger partial charge is 0.248 e. The van der Waals surface area contributed by atoms with Crippen LogP contribution >= 0.6 is 0 Å². The summed E-state index contributed by atoms with van der Waals surface area (Å²) in [5.41, 5.74) is 1.78. The number of hydrogen-bond acceptors (Lipinski definition) is 5. The third-order valence-electron chi connectivity index (χ3n) is 6.36. The summed E-state index contributed by atoms with van der Waals surface area (Å²) in [5, 5.41) is 6.82. The molecule has 0 saturated carbocycles. The summed E-state index contributed by atoms with van der Waals surface area (Å²) in [6, 6.07) is 16.3. The van der Waals surface area contributed by atoms with Crippen molar-refractivity contribution in [3.63, 3.8) is 0 Å². The first-order valence-electron chi connectivity index (χ1n) is 12.1. The zero-order valence-electron chi connectivity index (χ0n) is 20.2. The van der Waals surface area contributed by atoms with E-state index in [1.54, 1.807) is 25.1 Å². The number of halogens is 1. The minimum absolute atomic E-state index is 0.0288. The predicted molar refractivity (Wildman–Crippen MR) is 136 cm³/mol. The third kappa shape index (κ3) is 6.09. The molecule has 36 heavy (non-hydrogen) atoms. The molecule has 1 N–H and O–H groups in total. The molecule has 4 rings (SSSR count). The van der Waals surface area contributed by atoms with Crippen LogP contribution in [0.15, 0.2) is 64.0 Å². The van der Waals surface area contributed by atoms with E-state index in [1.165, 1.54) is 28.1 Å². The number of nitrogens with one attached hydrogen (secondary N) is 1. The average Bonchev–Trinajstić information content (AvgIpc) is 3.27. The zero-order valence-corrected chi connectivity index (χ0v) is 21.0. The van der Waals surface area contributed by atoms with E-state index in [9.17, 15) is 17.6 Å². The van der Waals surface area contributed by atoms with Crippen molar-refractivity contribution in [1.29, 1.82) is 0 Å². The van der Waals surface area contributed by atoms with Crippen LogP contribution in [0.2, 0.25) is 0 Å². The summed E-state index contributed by atoms with van der Waals surface area (Å²) in [6.45, 7) is 2.60. The van der Waals surface area contributed by atoms with Gasteiger partial charge in [-0.2, -0.15) is 4.31 Å². The first-order valence-corrected chi connectivity index (χ1v) is 13.5. The Morgan fingerprint density at radius 1 is 1.11 bits per heavy atom. The third-order valence-corrected chi connectivity index (χ3v) is 8.42. The number of piperidine rings is 1. The second kappa shape index (κ2) is 11.6. The van der Waals surface area contributed by atoms with E-state index in [0.717, 1.165) is 12.8 Å². The Morgan fingerprint density at radius 3 is 2.53 bits per heavy atom. The van der Waals surface area contributed by atoms with Crippen molar-refractivity contribution in [2.24, 2.45) is 5.92 Å². The van der Waals surface area contributed by atoms with Gasteiger partial charge in [-0.05, 0) is 56.4 Å². The number of carbonyl (C=O) groups is 1. The van der Waals surface area contributed by atoms with Crippen LogP contribution in [0.1, 0.15) is 41.8 Å². The zero-order chi connectivity index (χ0) is 25.5. The predicted octanol–water partition coefficient (Wildman–Crippen LogP) is 4.44. The molecule has 1 saturated heterocycles. The number of aryl methyl sites for hydroxylation is 2. The number of carbonyl (C=O) groups excluding carboxylic acids is 1. The first-order chi connectivity index (χ1) is 17.4. The summed E-state index contributed by atoms with van der Waals surface area (Å²) < 4.78 is 47.4. The fourth-order valence-electron chi connectivity index (χ4n) is 4.36. The topological polar surface area (TPSA) is 92.5 Å². The minimum Gasteiger partial charge on any atom is -0.356 e. The lowest BCUT2D eigenvalue weighted by Gasteiger charge is -2.30. The molecule has 0 atom stereocenters. The molecule has 1 fully saturated rings. The first kappa shape index (κ1) is 25.8. The van der Waals surface area contributed by atoms with E-state index in [0.29, 0.717) is 24.9 Å². The van der Waals surface area contributed by atoms with Crippen molar-refractivity contribution < 1.29 is 22.1 Å². The minimum atomic E-state index is -3.89. The SMILES string of the molecule is Cc1noc(C=Cc2ccccc2F)c1S(=O)(=O)N1CCC(C(=O)NCCCc2ccccc2)CC1. The normalized spacial score (nSPS) is 15.4. The maximum absolute atomic E-state index is 13.9. The molecule has 0 aliphatic carbocycles. The van der Waals surface area contributed by atoms with E-state index in [4.69, 9.17) is 4.52 Å². The van der Waals surface area contributed by atoms with Gasteiger partial charge in [0.2, 0.25) is 15.9 Å². The molecule has 0 radical (unpaired) electrons. The van der Waals surface area contributed by atoms with Crippen molar-refractivity contribution in [1.82, 2.24) is 14.8 Å². The molecule has 3 aromatic rings. The van der Waals surface area contributed by atoms with E-state index >= 15 is 0 Å². The monoisotopic (exact) mass is 511 g/mol. The lowest BCUT2D eigenvalue weighted by molar-refractivity contribution is -0.126. The van der Waals surface area contributed by atoms with Crippen LogP contribution in [-0.4, -0.2) is 43.4 Å². The van der Waals surface area contributed by atoms with Gasteiger partial charge in [-0.15, -0.1) is 0 Å². The summed E-state index contributed by atoms with van der Waals surface area (Å²) in [5.74, 6) is -0.629. The summed E-state index contributed by atoms with van der Waals surface area (Å²) in [7, 11) is -3.89. The standard InChI is InChI=1S/C27H30FN3O4S/c1-20-26(25(35-30-20)14-13-22-11-5-6-12-24(22)28)36(33,34)31-18-15-23(16-19-31)27(32)29-17-7-10-21-8-3-2-4-9-21/h2-6,8-9,11-14,23H,7,10,15-19H2,1H3,(H,29,32). The number of amides is 1. The Balaban J connectivity index is 1.34. The molecule has 0 bridgehead atoms. The number of sulfonamides is 1. The average molecular weight is 512 g/mol. The highest BCUT2D eigenvalue weighted by atomic mass is 32.2. The molecule has 1 amide bonds. The number of hydrogen-bond donors (Lipinski definition) is 1. The molecule has 7 nitrogen and oxygen atoms in total. The Bertz CT molecular complexity index is 1310. The van der Waals surface area contributed by atoms with Gasteiger partial charge in [-0.25, -0.2) is 12.8 Å². The fraction of sp³-hybridized carbons (Fsp3) is 0.333. The van der Waals surface area contributed by atoms with Crippen LogP contribution in [0, 0.1) is 18.7 Å².